The molecule has 2 aromatic heterocycles. The first-order valence-electron chi connectivity index (χ1n) is 7.21. The molecule has 0 N–H and O–H groups in total. The van der Waals surface area contributed by atoms with Crippen LogP contribution in [0.1, 0.15) is 50.1 Å². The average molecular weight is 273 g/mol. The smallest absolute Gasteiger partial charge is 0.213 e. The fourth-order valence-electron chi connectivity index (χ4n) is 2.66. The number of hydrogen-bond donors (Lipinski definition) is 0. The molecule has 0 bridgehead atoms. The predicted octanol–water partition coefficient (Wildman–Crippen LogP) is 2.33. The van der Waals surface area contributed by atoms with Crippen LogP contribution in [0.25, 0.3) is 0 Å². The van der Waals surface area contributed by atoms with Crippen molar-refractivity contribution >= 4 is 5.82 Å². The minimum absolute atomic E-state index is 0.165. The molecule has 0 aliphatic carbocycles. The third-order valence-electron chi connectivity index (χ3n) is 3.71. The van der Waals surface area contributed by atoms with E-state index >= 15 is 0 Å². The zero-order valence-electron chi connectivity index (χ0n) is 11.9. The van der Waals surface area contributed by atoms with Gasteiger partial charge < -0.3 is 9.42 Å². The number of rotatable bonds is 4. The van der Waals surface area contributed by atoms with Gasteiger partial charge in [0.1, 0.15) is 11.6 Å². The Morgan fingerprint density at radius 3 is 2.90 bits per heavy atom. The molecule has 3 heterocycles. The van der Waals surface area contributed by atoms with Crippen LogP contribution in [-0.2, 0) is 12.8 Å². The summed E-state index contributed by atoms with van der Waals surface area (Å²) in [6, 6.07) is 2.25. The first-order chi connectivity index (χ1) is 9.81. The lowest BCUT2D eigenvalue weighted by atomic mass is 10.2. The topological polar surface area (TPSA) is 67.9 Å². The molecule has 1 fully saturated rings. The van der Waals surface area contributed by atoms with E-state index in [9.17, 15) is 0 Å². The van der Waals surface area contributed by atoms with Crippen LogP contribution >= 0.6 is 0 Å². The highest BCUT2D eigenvalue weighted by molar-refractivity contribution is 5.43. The Hall–Kier alpha value is -1.98. The Kier molecular flexibility index (Phi) is 3.62. The van der Waals surface area contributed by atoms with E-state index in [1.54, 1.807) is 0 Å². The monoisotopic (exact) mass is 273 g/mol. The maximum atomic E-state index is 4.88. The molecule has 20 heavy (non-hydrogen) atoms. The molecule has 0 amide bonds. The Labute approximate surface area is 118 Å². The number of aromatic nitrogens is 4. The van der Waals surface area contributed by atoms with Crippen LogP contribution in [0.3, 0.4) is 0 Å². The zero-order chi connectivity index (χ0) is 13.9. The molecule has 2 aromatic rings. The summed E-state index contributed by atoms with van der Waals surface area (Å²) in [6.07, 6.45) is 5.31. The molecule has 1 aliphatic heterocycles. The maximum absolute atomic E-state index is 4.88. The minimum Gasteiger partial charge on any atom is -0.346 e. The molecule has 0 saturated carbocycles. The summed E-state index contributed by atoms with van der Waals surface area (Å²) in [4.78, 5) is 15.7. The fraction of sp³-hybridized carbons (Fsp3) is 0.571. The van der Waals surface area contributed by atoms with Crippen LogP contribution in [0.2, 0.25) is 0 Å². The molecule has 106 valence electrons. The number of hydrogen-bond acceptors (Lipinski definition) is 6. The van der Waals surface area contributed by atoms with Crippen molar-refractivity contribution in [2.45, 2.75) is 45.6 Å². The van der Waals surface area contributed by atoms with Crippen molar-refractivity contribution in [1.82, 2.24) is 20.1 Å². The van der Waals surface area contributed by atoms with Gasteiger partial charge in [-0.2, -0.15) is 4.98 Å². The highest BCUT2D eigenvalue weighted by Gasteiger charge is 2.30. The van der Waals surface area contributed by atoms with Gasteiger partial charge in [0.15, 0.2) is 5.82 Å². The van der Waals surface area contributed by atoms with Crippen LogP contribution in [0, 0.1) is 0 Å². The van der Waals surface area contributed by atoms with Crippen molar-refractivity contribution in [1.29, 1.82) is 0 Å². The summed E-state index contributed by atoms with van der Waals surface area (Å²) in [5.41, 5.74) is 1.09. The molecule has 3 rings (SSSR count). The molecule has 6 nitrogen and oxygen atoms in total. The van der Waals surface area contributed by atoms with Gasteiger partial charge in [-0.1, -0.05) is 19.0 Å². The van der Waals surface area contributed by atoms with Gasteiger partial charge in [0.2, 0.25) is 6.39 Å². The Morgan fingerprint density at radius 1 is 1.30 bits per heavy atom. The van der Waals surface area contributed by atoms with Crippen molar-refractivity contribution in [3.05, 3.63) is 29.8 Å². The van der Waals surface area contributed by atoms with E-state index in [1.807, 2.05) is 0 Å². The van der Waals surface area contributed by atoms with Crippen molar-refractivity contribution in [3.8, 4) is 0 Å². The second-order valence-electron chi connectivity index (χ2n) is 4.98. The van der Waals surface area contributed by atoms with Gasteiger partial charge in [-0.25, -0.2) is 9.97 Å². The molecule has 0 aromatic carbocycles. The molecule has 1 saturated heterocycles. The van der Waals surface area contributed by atoms with Gasteiger partial charge in [-0.3, -0.25) is 0 Å². The highest BCUT2D eigenvalue weighted by atomic mass is 16.5. The van der Waals surface area contributed by atoms with Crippen LogP contribution in [0.5, 0.6) is 0 Å². The molecule has 1 unspecified atom stereocenters. The van der Waals surface area contributed by atoms with Crippen LogP contribution in [0.15, 0.2) is 17.0 Å². The second-order valence-corrected chi connectivity index (χ2v) is 4.98. The first-order valence-corrected chi connectivity index (χ1v) is 7.21. The van der Waals surface area contributed by atoms with Crippen LogP contribution in [-0.4, -0.2) is 26.7 Å². The summed E-state index contributed by atoms with van der Waals surface area (Å²) in [6.45, 7) is 5.17. The molecule has 1 aliphatic rings. The van der Waals surface area contributed by atoms with Crippen LogP contribution < -0.4 is 4.90 Å². The minimum atomic E-state index is 0.165. The highest BCUT2D eigenvalue weighted by Crippen LogP contribution is 2.33. The zero-order valence-corrected chi connectivity index (χ0v) is 11.9. The van der Waals surface area contributed by atoms with E-state index in [-0.39, 0.29) is 6.04 Å². The summed E-state index contributed by atoms with van der Waals surface area (Å²) < 4.78 is 4.88. The number of anilines is 1. The van der Waals surface area contributed by atoms with Gasteiger partial charge >= 0.3 is 0 Å². The molecule has 0 radical (unpaired) electrons. The summed E-state index contributed by atoms with van der Waals surface area (Å²) in [5, 5.41) is 3.99. The van der Waals surface area contributed by atoms with Crippen molar-refractivity contribution in [2.24, 2.45) is 0 Å². The van der Waals surface area contributed by atoms with E-state index in [0.717, 1.165) is 55.4 Å². The lowest BCUT2D eigenvalue weighted by Gasteiger charge is -2.24. The predicted molar refractivity (Wildman–Crippen MR) is 74.4 cm³/mol. The standard InChI is InChI=1S/C14H19N5O/c1-3-10-8-13(17-12(4-2)16-10)19-7-5-6-11(19)14-15-9-20-18-14/h8-9,11H,3-7H2,1-2H3. The van der Waals surface area contributed by atoms with Crippen molar-refractivity contribution in [3.63, 3.8) is 0 Å². The summed E-state index contributed by atoms with van der Waals surface area (Å²) >= 11 is 0. The fourth-order valence-corrected chi connectivity index (χ4v) is 2.66. The molecular weight excluding hydrogens is 254 g/mol. The number of aryl methyl sites for hydroxylation is 2. The molecule has 6 heteroatoms. The molecular formula is C14H19N5O. The largest absolute Gasteiger partial charge is 0.346 e. The van der Waals surface area contributed by atoms with E-state index < -0.39 is 0 Å². The van der Waals surface area contributed by atoms with E-state index in [1.165, 1.54) is 6.39 Å². The van der Waals surface area contributed by atoms with Gasteiger partial charge in [0.25, 0.3) is 0 Å². The summed E-state index contributed by atoms with van der Waals surface area (Å²) in [7, 11) is 0. The number of nitrogens with zero attached hydrogens (tertiary/aromatic N) is 5. The van der Waals surface area contributed by atoms with Gasteiger partial charge in [-0.15, -0.1) is 0 Å². The second kappa shape index (κ2) is 5.56. The summed E-state index contributed by atoms with van der Waals surface area (Å²) in [5.74, 6) is 2.64. The SMILES string of the molecule is CCc1cc(N2CCCC2c2ncon2)nc(CC)n1. The van der Waals surface area contributed by atoms with Crippen molar-refractivity contribution < 1.29 is 4.52 Å². The van der Waals surface area contributed by atoms with Gasteiger partial charge in [0, 0.05) is 24.7 Å². The Morgan fingerprint density at radius 2 is 2.20 bits per heavy atom. The first kappa shape index (κ1) is 13.0. The normalized spacial score (nSPS) is 18.7. The Balaban J connectivity index is 1.95. The maximum Gasteiger partial charge on any atom is 0.213 e. The van der Waals surface area contributed by atoms with Crippen molar-refractivity contribution in [2.75, 3.05) is 11.4 Å². The van der Waals surface area contributed by atoms with E-state index in [4.69, 9.17) is 4.52 Å². The molecule has 0 spiro atoms. The molecule has 1 atom stereocenters. The Bertz CT molecular complexity index is 547. The lowest BCUT2D eigenvalue weighted by Crippen LogP contribution is -2.25. The lowest BCUT2D eigenvalue weighted by molar-refractivity contribution is 0.404. The van der Waals surface area contributed by atoms with Gasteiger partial charge in [0.05, 0.1) is 6.04 Å². The van der Waals surface area contributed by atoms with E-state index in [2.05, 4.69) is 44.9 Å². The third kappa shape index (κ3) is 2.37. The quantitative estimate of drug-likeness (QED) is 0.851. The average Bonchev–Trinajstić information content (AvgIpc) is 3.16. The van der Waals surface area contributed by atoms with E-state index in [0.29, 0.717) is 0 Å². The van der Waals surface area contributed by atoms with Gasteiger partial charge in [-0.05, 0) is 19.3 Å². The van der Waals surface area contributed by atoms with Crippen LogP contribution in [0.4, 0.5) is 5.82 Å². The third-order valence-corrected chi connectivity index (χ3v) is 3.71.